The number of fused-ring (bicyclic) bond motifs is 6. The Hall–Kier alpha value is -4.44. The molecule has 0 aromatic heterocycles. The van der Waals surface area contributed by atoms with Crippen molar-refractivity contribution in [3.8, 4) is 0 Å². The third-order valence-electron chi connectivity index (χ3n) is 9.91. The topological polar surface area (TPSA) is 61.7 Å². The zero-order chi connectivity index (χ0) is 31.0. The van der Waals surface area contributed by atoms with E-state index >= 15 is 0 Å². The van der Waals surface area contributed by atoms with Crippen LogP contribution in [0.1, 0.15) is 78.4 Å². The summed E-state index contributed by atoms with van der Waals surface area (Å²) in [7, 11) is 0. The van der Waals surface area contributed by atoms with Crippen LogP contribution in [0.3, 0.4) is 0 Å². The van der Waals surface area contributed by atoms with E-state index in [1.165, 1.54) is 32.7 Å². The summed E-state index contributed by atoms with van der Waals surface area (Å²) in [4.78, 5) is 19.5. The number of aliphatic hydroxyl groups excluding tert-OH is 1. The lowest BCUT2D eigenvalue weighted by Crippen LogP contribution is -2.34. The Balaban J connectivity index is 1.38. The number of allylic oxidation sites excluding steroid dienone is 5. The second kappa shape index (κ2) is 10.1. The maximum Gasteiger partial charge on any atom is 0.201 e. The van der Waals surface area contributed by atoms with Crippen LogP contribution in [0.25, 0.3) is 21.5 Å². The van der Waals surface area contributed by atoms with Gasteiger partial charge in [-0.1, -0.05) is 115 Å². The van der Waals surface area contributed by atoms with Crippen LogP contribution in [-0.2, 0) is 15.6 Å². The molecule has 4 heteroatoms. The quantitative estimate of drug-likeness (QED) is 0.223. The molecule has 0 atom stereocenters. The van der Waals surface area contributed by atoms with Gasteiger partial charge in [0.2, 0.25) is 5.78 Å². The number of carbonyl (C=O) groups excluding carboxylic acids is 1. The molecule has 222 valence electrons. The third kappa shape index (κ3) is 3.89. The van der Waals surface area contributed by atoms with E-state index in [0.717, 1.165) is 46.8 Å². The fraction of sp³-hybridized carbons (Fsp3) is 0.300. The van der Waals surface area contributed by atoms with Crippen molar-refractivity contribution in [2.24, 2.45) is 4.99 Å². The van der Waals surface area contributed by atoms with Crippen molar-refractivity contribution in [3.05, 3.63) is 118 Å². The minimum absolute atomic E-state index is 0.0698. The first-order chi connectivity index (χ1) is 21.1. The highest BCUT2D eigenvalue weighted by atomic mass is 16.3. The van der Waals surface area contributed by atoms with E-state index < -0.39 is 5.41 Å². The number of benzene rings is 4. The number of Topliss-reactive ketones (excluding diaryl/α,β-unsaturated/α-hetero) is 1. The maximum absolute atomic E-state index is 14.3. The van der Waals surface area contributed by atoms with Crippen LogP contribution >= 0.6 is 0 Å². The standard InChI is InChI=1S/C40H40N2O2/c1-7-13-27(37-39(3,4)33-25-17-11-9-15-23(25)19-21-29(33)41-37)31-35(43)32(36(31)44)28(14-8-2)38-40(5,6)34-26-18-12-10-16-24(26)20-22-30(34)42-38/h9-12,15-22,41,43H,7-8,13-14H2,1-6H3/b32-28+,37-27+. The fourth-order valence-electron chi connectivity index (χ4n) is 7.95. The van der Waals surface area contributed by atoms with Crippen LogP contribution in [0, 0.1) is 0 Å². The molecule has 0 radical (unpaired) electrons. The Morgan fingerprint density at radius 2 is 1.34 bits per heavy atom. The molecule has 0 saturated heterocycles. The van der Waals surface area contributed by atoms with Gasteiger partial charge < -0.3 is 10.4 Å². The van der Waals surface area contributed by atoms with E-state index in [2.05, 4.69) is 120 Å². The molecule has 0 unspecified atom stereocenters. The zero-order valence-electron chi connectivity index (χ0n) is 26.6. The molecule has 4 aromatic rings. The number of hydrogen-bond acceptors (Lipinski definition) is 4. The molecule has 2 aliphatic heterocycles. The summed E-state index contributed by atoms with van der Waals surface area (Å²) in [6.07, 6.45) is 3.08. The molecule has 0 saturated carbocycles. The van der Waals surface area contributed by atoms with Crippen molar-refractivity contribution < 1.29 is 9.90 Å². The van der Waals surface area contributed by atoms with Gasteiger partial charge in [0.25, 0.3) is 0 Å². The van der Waals surface area contributed by atoms with Crippen LogP contribution in [0.2, 0.25) is 0 Å². The van der Waals surface area contributed by atoms with Gasteiger partial charge in [-0.3, -0.25) is 9.79 Å². The number of rotatable bonds is 6. The van der Waals surface area contributed by atoms with Gasteiger partial charge in [0.1, 0.15) is 5.76 Å². The van der Waals surface area contributed by atoms with Crippen molar-refractivity contribution in [1.29, 1.82) is 0 Å². The van der Waals surface area contributed by atoms with E-state index in [0.29, 0.717) is 24.0 Å². The molecule has 0 bridgehead atoms. The van der Waals surface area contributed by atoms with Crippen LogP contribution in [0.4, 0.5) is 11.4 Å². The van der Waals surface area contributed by atoms with E-state index in [4.69, 9.17) is 4.99 Å². The van der Waals surface area contributed by atoms with Crippen molar-refractivity contribution in [1.82, 2.24) is 0 Å². The molecular formula is C40H40N2O2. The van der Waals surface area contributed by atoms with Gasteiger partial charge in [-0.2, -0.15) is 0 Å². The summed E-state index contributed by atoms with van der Waals surface area (Å²) >= 11 is 0. The minimum atomic E-state index is -0.410. The number of ketones is 1. The van der Waals surface area contributed by atoms with Crippen molar-refractivity contribution in [2.75, 3.05) is 5.32 Å². The normalized spacial score (nSPS) is 20.3. The number of hydrogen-bond donors (Lipinski definition) is 2. The van der Waals surface area contributed by atoms with Crippen LogP contribution in [0.5, 0.6) is 0 Å². The molecule has 4 aromatic carbocycles. The molecule has 0 spiro atoms. The first-order valence-corrected chi connectivity index (χ1v) is 16.0. The van der Waals surface area contributed by atoms with Gasteiger partial charge >= 0.3 is 0 Å². The van der Waals surface area contributed by atoms with Gasteiger partial charge in [0, 0.05) is 22.2 Å². The van der Waals surface area contributed by atoms with E-state index in [9.17, 15) is 9.90 Å². The Morgan fingerprint density at radius 3 is 1.98 bits per heavy atom. The van der Waals surface area contributed by atoms with E-state index in [-0.39, 0.29) is 17.0 Å². The number of carbonyl (C=O) groups is 1. The highest BCUT2D eigenvalue weighted by molar-refractivity contribution is 6.28. The first kappa shape index (κ1) is 28.3. The number of aliphatic imine (C=N–C) groups is 1. The summed E-state index contributed by atoms with van der Waals surface area (Å²) in [5, 5.41) is 20.3. The van der Waals surface area contributed by atoms with Gasteiger partial charge in [-0.05, 0) is 68.8 Å². The van der Waals surface area contributed by atoms with Gasteiger partial charge in [0.15, 0.2) is 0 Å². The van der Waals surface area contributed by atoms with Gasteiger partial charge in [-0.25, -0.2) is 0 Å². The number of nitrogens with one attached hydrogen (secondary N) is 1. The monoisotopic (exact) mass is 580 g/mol. The van der Waals surface area contributed by atoms with Crippen LogP contribution in [0.15, 0.2) is 112 Å². The highest BCUT2D eigenvalue weighted by Crippen LogP contribution is 2.52. The zero-order valence-corrected chi connectivity index (χ0v) is 26.6. The molecule has 2 N–H and O–H groups in total. The maximum atomic E-state index is 14.3. The fourth-order valence-corrected chi connectivity index (χ4v) is 7.95. The Morgan fingerprint density at radius 1 is 0.750 bits per heavy atom. The number of aliphatic hydroxyl groups is 1. The van der Waals surface area contributed by atoms with Gasteiger partial charge in [0.05, 0.1) is 22.5 Å². The van der Waals surface area contributed by atoms with Crippen molar-refractivity contribution in [3.63, 3.8) is 0 Å². The molecule has 1 aliphatic carbocycles. The SMILES string of the molecule is CCC/C(C1=Nc2ccc3ccccc3c2C1(C)C)=C1\C(=O)C(C(/CCC)=C2/Nc3ccc4ccccc4c3C2(C)C)=C1O. The Bertz CT molecular complexity index is 2030. The van der Waals surface area contributed by atoms with E-state index in [1.807, 2.05) is 0 Å². The van der Waals surface area contributed by atoms with Crippen molar-refractivity contribution in [2.45, 2.75) is 78.1 Å². The lowest BCUT2D eigenvalue weighted by Gasteiger charge is -2.32. The predicted octanol–water partition coefficient (Wildman–Crippen LogP) is 10.3. The smallest absolute Gasteiger partial charge is 0.201 e. The number of nitrogens with zero attached hydrogens (tertiary/aromatic N) is 1. The molecule has 4 nitrogen and oxygen atoms in total. The van der Waals surface area contributed by atoms with Crippen LogP contribution in [-0.4, -0.2) is 16.6 Å². The highest BCUT2D eigenvalue weighted by Gasteiger charge is 2.46. The molecule has 7 rings (SSSR count). The summed E-state index contributed by atoms with van der Waals surface area (Å²) < 4.78 is 0. The average Bonchev–Trinajstić information content (AvgIpc) is 3.45. The summed E-state index contributed by atoms with van der Waals surface area (Å²) in [5.74, 6) is 0.0479. The molecule has 2 heterocycles. The minimum Gasteiger partial charge on any atom is -0.506 e. The first-order valence-electron chi connectivity index (χ1n) is 16.0. The summed E-state index contributed by atoms with van der Waals surface area (Å²) in [6, 6.07) is 25.4. The van der Waals surface area contributed by atoms with Crippen molar-refractivity contribution >= 4 is 44.4 Å². The Labute approximate surface area is 259 Å². The number of anilines is 1. The predicted molar refractivity (Wildman–Crippen MR) is 183 cm³/mol. The summed E-state index contributed by atoms with van der Waals surface area (Å²) in [5.41, 5.74) is 8.26. The average molecular weight is 581 g/mol. The second-order valence-corrected chi connectivity index (χ2v) is 13.5. The molecule has 0 fully saturated rings. The van der Waals surface area contributed by atoms with Gasteiger partial charge in [-0.15, -0.1) is 0 Å². The second-order valence-electron chi connectivity index (χ2n) is 13.5. The molecule has 0 amide bonds. The lowest BCUT2D eigenvalue weighted by molar-refractivity contribution is -0.113. The molecular weight excluding hydrogens is 540 g/mol. The molecule has 44 heavy (non-hydrogen) atoms. The Kier molecular flexibility index (Phi) is 6.47. The third-order valence-corrected chi connectivity index (χ3v) is 9.91. The van der Waals surface area contributed by atoms with Crippen LogP contribution < -0.4 is 5.32 Å². The molecule has 3 aliphatic rings. The van der Waals surface area contributed by atoms with E-state index in [1.54, 1.807) is 0 Å². The lowest BCUT2D eigenvalue weighted by atomic mass is 9.70. The largest absolute Gasteiger partial charge is 0.506 e. The summed E-state index contributed by atoms with van der Waals surface area (Å²) in [6.45, 7) is 13.1.